The number of rotatable bonds is 5. The third-order valence-electron chi connectivity index (χ3n) is 7.12. The molecule has 3 amide bonds. The maximum absolute atomic E-state index is 13.4. The van der Waals surface area contributed by atoms with Gasteiger partial charge in [-0.1, -0.05) is 18.2 Å². The van der Waals surface area contributed by atoms with Crippen LogP contribution in [0, 0.1) is 0 Å². The number of nitrogens with zero attached hydrogens (tertiary/aromatic N) is 3. The van der Waals surface area contributed by atoms with Crippen molar-refractivity contribution in [3.05, 3.63) is 75.7 Å². The number of hydrogen-bond donors (Lipinski definition) is 1. The van der Waals surface area contributed by atoms with Gasteiger partial charge in [0.2, 0.25) is 5.91 Å². The van der Waals surface area contributed by atoms with E-state index in [0.29, 0.717) is 42.3 Å². The Morgan fingerprint density at radius 2 is 1.69 bits per heavy atom. The average molecular weight is 567 g/mol. The van der Waals surface area contributed by atoms with Crippen LogP contribution in [-0.4, -0.2) is 63.1 Å². The van der Waals surface area contributed by atoms with Crippen molar-refractivity contribution in [1.82, 2.24) is 9.80 Å². The van der Waals surface area contributed by atoms with Gasteiger partial charge >= 0.3 is 0 Å². The van der Waals surface area contributed by atoms with Crippen LogP contribution in [-0.2, 0) is 34.2 Å². The van der Waals surface area contributed by atoms with Crippen molar-refractivity contribution in [3.8, 4) is 0 Å². The number of carbonyl (C=O) groups is 3. The molecule has 1 N–H and O–H groups in total. The van der Waals surface area contributed by atoms with Gasteiger partial charge in [-0.05, 0) is 60.7 Å². The van der Waals surface area contributed by atoms with E-state index in [1.54, 1.807) is 19.0 Å². The fraction of sp³-hybridized carbons (Fsp3) is 0.321. The largest absolute Gasteiger partial charge is 0.345 e. The molecule has 39 heavy (non-hydrogen) atoms. The lowest BCUT2D eigenvalue weighted by atomic mass is 10.0. The minimum absolute atomic E-state index is 0.0387. The molecule has 0 fully saturated rings. The Balaban J connectivity index is 1.40. The summed E-state index contributed by atoms with van der Waals surface area (Å²) in [6.45, 7) is 2.82. The number of anilines is 2. The number of hydrogen-bond acceptors (Lipinski definition) is 6. The van der Waals surface area contributed by atoms with Gasteiger partial charge in [-0.2, -0.15) is 0 Å². The first-order valence-corrected chi connectivity index (χ1v) is 15.0. The number of sulfonamides is 1. The standard InChI is InChI=1S/C28H30N4O5S2/c1-18(33)31-16-14-22-24(17-31)38-27(25(22)28(35)30(2)3)29-26(34)20-10-12-21(13-11-20)39(36,37)32-15-6-8-19-7-4-5-9-23(19)32/h4-5,7,9-13H,6,8,14-17H2,1-3H3,(H,29,34). The van der Waals surface area contributed by atoms with Crippen LogP contribution in [0.3, 0.4) is 0 Å². The van der Waals surface area contributed by atoms with E-state index in [2.05, 4.69) is 5.32 Å². The molecule has 0 atom stereocenters. The second kappa shape index (κ2) is 10.5. The third-order valence-corrected chi connectivity index (χ3v) is 10.1. The van der Waals surface area contributed by atoms with Crippen LogP contribution in [0.25, 0.3) is 0 Å². The Morgan fingerprint density at radius 1 is 0.974 bits per heavy atom. The lowest BCUT2D eigenvalue weighted by Gasteiger charge is -2.30. The van der Waals surface area contributed by atoms with Crippen LogP contribution in [0.15, 0.2) is 53.4 Å². The van der Waals surface area contributed by atoms with Gasteiger partial charge in [0.15, 0.2) is 0 Å². The van der Waals surface area contributed by atoms with Crippen molar-refractivity contribution in [3.63, 3.8) is 0 Å². The van der Waals surface area contributed by atoms with Crippen molar-refractivity contribution in [2.75, 3.05) is 36.8 Å². The molecule has 3 aromatic rings. The van der Waals surface area contributed by atoms with Crippen molar-refractivity contribution >= 4 is 49.8 Å². The highest BCUT2D eigenvalue weighted by Crippen LogP contribution is 2.38. The van der Waals surface area contributed by atoms with E-state index in [4.69, 9.17) is 0 Å². The number of nitrogens with one attached hydrogen (secondary N) is 1. The normalized spacial score (nSPS) is 14.8. The van der Waals surface area contributed by atoms with Gasteiger partial charge in [-0.15, -0.1) is 11.3 Å². The van der Waals surface area contributed by atoms with E-state index >= 15 is 0 Å². The van der Waals surface area contributed by atoms with Crippen molar-refractivity contribution in [2.45, 2.75) is 37.6 Å². The fourth-order valence-corrected chi connectivity index (χ4v) is 7.83. The molecule has 2 aliphatic heterocycles. The molecule has 5 rings (SSSR count). The number of fused-ring (bicyclic) bond motifs is 2. The van der Waals surface area contributed by atoms with E-state index in [-0.39, 0.29) is 22.3 Å². The van der Waals surface area contributed by atoms with E-state index < -0.39 is 15.9 Å². The minimum atomic E-state index is -3.80. The van der Waals surface area contributed by atoms with Crippen LogP contribution in [0.5, 0.6) is 0 Å². The van der Waals surface area contributed by atoms with E-state index in [1.165, 1.54) is 51.7 Å². The minimum Gasteiger partial charge on any atom is -0.345 e. The zero-order valence-electron chi connectivity index (χ0n) is 22.1. The fourth-order valence-electron chi connectivity index (χ4n) is 5.04. The number of benzene rings is 2. The van der Waals surface area contributed by atoms with Gasteiger partial charge in [0.05, 0.1) is 22.7 Å². The molecule has 2 aliphatic rings. The number of carbonyl (C=O) groups excluding carboxylic acids is 3. The summed E-state index contributed by atoms with van der Waals surface area (Å²) in [5.74, 6) is -0.706. The first kappa shape index (κ1) is 26.9. The summed E-state index contributed by atoms with van der Waals surface area (Å²) in [6.07, 6.45) is 2.10. The van der Waals surface area contributed by atoms with Gasteiger partial charge in [-0.25, -0.2) is 8.42 Å². The molecule has 0 radical (unpaired) electrons. The number of aryl methyl sites for hydroxylation is 1. The Bertz CT molecular complexity index is 1560. The first-order valence-electron chi connectivity index (χ1n) is 12.7. The predicted octanol–water partition coefficient (Wildman–Crippen LogP) is 3.75. The summed E-state index contributed by atoms with van der Waals surface area (Å²) in [6, 6.07) is 13.3. The Hall–Kier alpha value is -3.70. The van der Waals surface area contributed by atoms with Gasteiger partial charge in [0.25, 0.3) is 21.8 Å². The molecular formula is C28H30N4O5S2. The number of thiophene rings is 1. The summed E-state index contributed by atoms with van der Waals surface area (Å²) in [4.78, 5) is 42.3. The summed E-state index contributed by atoms with van der Waals surface area (Å²) in [7, 11) is -0.487. The summed E-state index contributed by atoms with van der Waals surface area (Å²) in [5.41, 5.74) is 3.26. The number of para-hydroxylation sites is 1. The van der Waals surface area contributed by atoms with Crippen molar-refractivity contribution in [1.29, 1.82) is 0 Å². The lowest BCUT2D eigenvalue weighted by molar-refractivity contribution is -0.129. The second-order valence-corrected chi connectivity index (χ2v) is 12.9. The topological polar surface area (TPSA) is 107 Å². The molecule has 2 aromatic carbocycles. The maximum atomic E-state index is 13.4. The molecule has 3 heterocycles. The molecule has 0 unspecified atom stereocenters. The third kappa shape index (κ3) is 5.04. The number of amides is 3. The summed E-state index contributed by atoms with van der Waals surface area (Å²) >= 11 is 1.30. The Labute approximate surface area is 232 Å². The second-order valence-electron chi connectivity index (χ2n) is 9.89. The van der Waals surface area contributed by atoms with Crippen LogP contribution in [0.2, 0.25) is 0 Å². The van der Waals surface area contributed by atoms with Gasteiger partial charge in [0.1, 0.15) is 5.00 Å². The summed E-state index contributed by atoms with van der Waals surface area (Å²) in [5, 5.41) is 3.29. The van der Waals surface area contributed by atoms with E-state index in [0.717, 1.165) is 28.8 Å². The zero-order chi connectivity index (χ0) is 27.9. The summed E-state index contributed by atoms with van der Waals surface area (Å²) < 4.78 is 28.3. The quantitative estimate of drug-likeness (QED) is 0.506. The monoisotopic (exact) mass is 566 g/mol. The van der Waals surface area contributed by atoms with Crippen LogP contribution in [0.1, 0.15) is 50.1 Å². The molecule has 11 heteroatoms. The Kier molecular flexibility index (Phi) is 7.21. The van der Waals surface area contributed by atoms with Crippen LogP contribution in [0.4, 0.5) is 10.7 Å². The highest BCUT2D eigenvalue weighted by atomic mass is 32.2. The SMILES string of the molecule is CC(=O)N1CCc2c(sc(NC(=O)c3ccc(S(=O)(=O)N4CCCc5ccccc54)cc3)c2C(=O)N(C)C)C1. The first-order chi connectivity index (χ1) is 18.6. The molecular weight excluding hydrogens is 536 g/mol. The van der Waals surface area contributed by atoms with Crippen molar-refractivity contribution in [2.24, 2.45) is 0 Å². The molecule has 9 nitrogen and oxygen atoms in total. The smallest absolute Gasteiger partial charge is 0.264 e. The Morgan fingerprint density at radius 3 is 2.38 bits per heavy atom. The van der Waals surface area contributed by atoms with E-state index in [1.807, 2.05) is 24.3 Å². The van der Waals surface area contributed by atoms with Gasteiger partial charge in [0, 0.05) is 44.5 Å². The predicted molar refractivity (Wildman–Crippen MR) is 151 cm³/mol. The molecule has 204 valence electrons. The van der Waals surface area contributed by atoms with Gasteiger partial charge in [-0.3, -0.25) is 18.7 Å². The molecule has 0 saturated heterocycles. The molecule has 0 saturated carbocycles. The van der Waals surface area contributed by atoms with Crippen LogP contribution >= 0.6 is 11.3 Å². The van der Waals surface area contributed by atoms with Gasteiger partial charge < -0.3 is 15.1 Å². The van der Waals surface area contributed by atoms with E-state index in [9.17, 15) is 22.8 Å². The molecule has 1 aromatic heterocycles. The molecule has 0 spiro atoms. The maximum Gasteiger partial charge on any atom is 0.264 e. The van der Waals surface area contributed by atoms with Crippen LogP contribution < -0.4 is 9.62 Å². The average Bonchev–Trinajstić information content (AvgIpc) is 3.28. The van der Waals surface area contributed by atoms with Crippen molar-refractivity contribution < 1.29 is 22.8 Å². The molecule has 0 bridgehead atoms. The lowest BCUT2D eigenvalue weighted by Crippen LogP contribution is -2.35. The zero-order valence-corrected chi connectivity index (χ0v) is 23.7. The highest BCUT2D eigenvalue weighted by molar-refractivity contribution is 7.92. The highest BCUT2D eigenvalue weighted by Gasteiger charge is 2.31. The molecule has 0 aliphatic carbocycles.